The Balaban J connectivity index is 1.75. The largest absolute Gasteiger partial charge is 0.481 e. The molecule has 8 nitrogen and oxygen atoms in total. The molecule has 0 spiro atoms. The number of ether oxygens (including phenoxy) is 1. The van der Waals surface area contributed by atoms with Crippen LogP contribution in [0.15, 0.2) is 23.1 Å². The minimum absolute atomic E-state index is 0.115. The maximum Gasteiger partial charge on any atom is 0.306 e. The van der Waals surface area contributed by atoms with Gasteiger partial charge in [0, 0.05) is 24.7 Å². The van der Waals surface area contributed by atoms with Gasteiger partial charge in [-0.3, -0.25) is 9.59 Å². The van der Waals surface area contributed by atoms with Gasteiger partial charge in [-0.15, -0.1) is 0 Å². The smallest absolute Gasteiger partial charge is 0.306 e. The summed E-state index contributed by atoms with van der Waals surface area (Å²) in [5, 5.41) is 11.7. The summed E-state index contributed by atoms with van der Waals surface area (Å²) < 4.78 is 32.3. The molecule has 0 unspecified atom stereocenters. The van der Waals surface area contributed by atoms with Crippen LogP contribution in [-0.4, -0.2) is 62.1 Å². The molecule has 2 N–H and O–H groups in total. The molecule has 1 heterocycles. The van der Waals surface area contributed by atoms with Crippen molar-refractivity contribution in [1.82, 2.24) is 9.62 Å². The number of hydrogen-bond donors (Lipinski definition) is 2. The first-order chi connectivity index (χ1) is 12.3. The van der Waals surface area contributed by atoms with Crippen molar-refractivity contribution in [3.05, 3.63) is 29.3 Å². The lowest BCUT2D eigenvalue weighted by Crippen LogP contribution is -2.46. The van der Waals surface area contributed by atoms with Gasteiger partial charge in [0.05, 0.1) is 24.0 Å². The fourth-order valence-corrected chi connectivity index (χ4v) is 4.81. The van der Waals surface area contributed by atoms with Crippen LogP contribution < -0.4 is 5.32 Å². The molecule has 1 saturated heterocycles. The van der Waals surface area contributed by atoms with Gasteiger partial charge in [-0.05, 0) is 37.5 Å². The first-order valence-electron chi connectivity index (χ1n) is 8.51. The van der Waals surface area contributed by atoms with Crippen LogP contribution in [0.4, 0.5) is 0 Å². The molecule has 0 aromatic heterocycles. The maximum atomic E-state index is 12.9. The van der Waals surface area contributed by atoms with E-state index in [0.717, 1.165) is 0 Å². The summed E-state index contributed by atoms with van der Waals surface area (Å²) in [5.74, 6) is -1.67. The van der Waals surface area contributed by atoms with Gasteiger partial charge >= 0.3 is 5.97 Å². The number of carbonyl (C=O) groups is 2. The number of carboxylic acid groups (broad SMARTS) is 1. The van der Waals surface area contributed by atoms with Gasteiger partial charge in [0.25, 0.3) is 5.91 Å². The molecule has 2 fully saturated rings. The summed E-state index contributed by atoms with van der Waals surface area (Å²) in [7, 11) is -3.69. The van der Waals surface area contributed by atoms with Crippen LogP contribution in [-0.2, 0) is 19.6 Å². The number of hydrogen-bond acceptors (Lipinski definition) is 5. The molecule has 142 valence electrons. The normalized spacial score (nSPS) is 23.9. The van der Waals surface area contributed by atoms with Gasteiger partial charge < -0.3 is 15.2 Å². The number of carbonyl (C=O) groups excluding carboxylic acids is 1. The fraction of sp³-hybridized carbons (Fsp3) is 0.529. The summed E-state index contributed by atoms with van der Waals surface area (Å²) in [4.78, 5) is 23.4. The summed E-state index contributed by atoms with van der Waals surface area (Å²) in [6.45, 7) is 2.97. The van der Waals surface area contributed by atoms with Gasteiger partial charge in [0.1, 0.15) is 0 Å². The highest BCUT2D eigenvalue weighted by atomic mass is 32.2. The predicted molar refractivity (Wildman–Crippen MR) is 92.4 cm³/mol. The average molecular weight is 382 g/mol. The molecule has 26 heavy (non-hydrogen) atoms. The van der Waals surface area contributed by atoms with Crippen molar-refractivity contribution < 1.29 is 27.9 Å². The maximum absolute atomic E-state index is 12.9. The van der Waals surface area contributed by atoms with Crippen LogP contribution in [0.3, 0.4) is 0 Å². The number of nitrogens with zero attached hydrogens (tertiary/aromatic N) is 1. The van der Waals surface area contributed by atoms with E-state index in [0.29, 0.717) is 31.6 Å². The zero-order chi connectivity index (χ0) is 18.9. The number of aryl methyl sites for hydroxylation is 1. The second kappa shape index (κ2) is 7.34. The summed E-state index contributed by atoms with van der Waals surface area (Å²) >= 11 is 0. The van der Waals surface area contributed by atoms with E-state index in [1.807, 2.05) is 0 Å². The molecular weight excluding hydrogens is 360 g/mol. The monoisotopic (exact) mass is 382 g/mol. The lowest BCUT2D eigenvalue weighted by atomic mass is 9.80. The topological polar surface area (TPSA) is 113 Å². The fourth-order valence-electron chi connectivity index (χ4n) is 3.15. The Morgan fingerprint density at radius 2 is 1.88 bits per heavy atom. The number of morpholine rings is 1. The molecule has 1 aliphatic carbocycles. The van der Waals surface area contributed by atoms with Crippen LogP contribution in [0.25, 0.3) is 0 Å². The van der Waals surface area contributed by atoms with E-state index < -0.39 is 27.8 Å². The molecule has 0 atom stereocenters. The Labute approximate surface area is 152 Å². The van der Waals surface area contributed by atoms with Crippen molar-refractivity contribution >= 4 is 21.9 Å². The Bertz CT molecular complexity index is 811. The summed E-state index contributed by atoms with van der Waals surface area (Å²) in [6, 6.07) is 4.39. The molecule has 1 saturated carbocycles. The molecular formula is C17H22N2O6S. The lowest BCUT2D eigenvalue weighted by Gasteiger charge is -2.32. The van der Waals surface area contributed by atoms with Crippen molar-refractivity contribution in [2.45, 2.75) is 30.7 Å². The van der Waals surface area contributed by atoms with Crippen molar-refractivity contribution in [2.24, 2.45) is 5.92 Å². The number of carboxylic acids is 1. The van der Waals surface area contributed by atoms with Crippen molar-refractivity contribution in [1.29, 1.82) is 0 Å². The second-order valence-corrected chi connectivity index (χ2v) is 8.58. The van der Waals surface area contributed by atoms with E-state index >= 15 is 0 Å². The Hall–Kier alpha value is -1.97. The number of benzene rings is 1. The number of nitrogens with one attached hydrogen (secondary N) is 1. The number of aliphatic carboxylic acids is 1. The molecule has 0 radical (unpaired) electrons. The van der Waals surface area contributed by atoms with E-state index in [4.69, 9.17) is 9.84 Å². The standard InChI is InChI=1S/C17H22N2O6S/c1-11-2-3-12(16(20)18-14-8-13(9-14)17(21)22)10-15(11)26(23,24)19-4-6-25-7-5-19/h2-3,10,13-14H,4-9H2,1H3,(H,18,20)(H,21,22). The molecule has 1 aliphatic heterocycles. The van der Waals surface area contributed by atoms with Gasteiger partial charge in [-0.1, -0.05) is 6.07 Å². The first kappa shape index (κ1) is 18.8. The minimum Gasteiger partial charge on any atom is -0.481 e. The molecule has 1 aromatic rings. The highest BCUT2D eigenvalue weighted by molar-refractivity contribution is 7.89. The number of rotatable bonds is 5. The zero-order valence-electron chi connectivity index (χ0n) is 14.5. The van der Waals surface area contributed by atoms with Crippen molar-refractivity contribution in [3.8, 4) is 0 Å². The highest BCUT2D eigenvalue weighted by Crippen LogP contribution is 2.28. The number of sulfonamides is 1. The molecule has 3 rings (SSSR count). The lowest BCUT2D eigenvalue weighted by molar-refractivity contribution is -0.145. The molecule has 2 aliphatic rings. The van der Waals surface area contributed by atoms with E-state index in [9.17, 15) is 18.0 Å². The van der Waals surface area contributed by atoms with Gasteiger partial charge in [-0.2, -0.15) is 4.31 Å². The van der Waals surface area contributed by atoms with Crippen molar-refractivity contribution in [2.75, 3.05) is 26.3 Å². The van der Waals surface area contributed by atoms with Crippen LogP contribution in [0.5, 0.6) is 0 Å². The highest BCUT2D eigenvalue weighted by Gasteiger charge is 2.35. The van der Waals surface area contributed by atoms with E-state index in [-0.39, 0.29) is 29.6 Å². The van der Waals surface area contributed by atoms with Crippen LogP contribution >= 0.6 is 0 Å². The van der Waals surface area contributed by atoms with Crippen LogP contribution in [0.2, 0.25) is 0 Å². The number of amides is 1. The Morgan fingerprint density at radius 1 is 1.23 bits per heavy atom. The Kier molecular flexibility index (Phi) is 5.31. The third-order valence-corrected chi connectivity index (χ3v) is 6.90. The first-order valence-corrected chi connectivity index (χ1v) is 9.95. The SMILES string of the molecule is Cc1ccc(C(=O)NC2CC(C(=O)O)C2)cc1S(=O)(=O)N1CCOCC1. The summed E-state index contributed by atoms with van der Waals surface area (Å²) in [6.07, 6.45) is 0.789. The molecule has 1 aromatic carbocycles. The van der Waals surface area contributed by atoms with Crippen molar-refractivity contribution in [3.63, 3.8) is 0 Å². The molecule has 0 bridgehead atoms. The third-order valence-electron chi connectivity index (χ3n) is 4.86. The third kappa shape index (κ3) is 3.74. The average Bonchev–Trinajstić information content (AvgIpc) is 2.58. The van der Waals surface area contributed by atoms with Gasteiger partial charge in [0.2, 0.25) is 10.0 Å². The van der Waals surface area contributed by atoms with Gasteiger partial charge in [0.15, 0.2) is 0 Å². The quantitative estimate of drug-likeness (QED) is 0.771. The van der Waals surface area contributed by atoms with Crippen LogP contribution in [0, 0.1) is 12.8 Å². The molecule has 9 heteroatoms. The molecule has 1 amide bonds. The van der Waals surface area contributed by atoms with Gasteiger partial charge in [-0.25, -0.2) is 8.42 Å². The second-order valence-electron chi connectivity index (χ2n) is 6.67. The Morgan fingerprint density at radius 3 is 2.50 bits per heavy atom. The van der Waals surface area contributed by atoms with E-state index in [2.05, 4.69) is 5.32 Å². The summed E-state index contributed by atoms with van der Waals surface area (Å²) in [5.41, 5.74) is 0.823. The zero-order valence-corrected chi connectivity index (χ0v) is 15.3. The van der Waals surface area contributed by atoms with Crippen LogP contribution in [0.1, 0.15) is 28.8 Å². The van der Waals surface area contributed by atoms with E-state index in [1.165, 1.54) is 10.4 Å². The predicted octanol–water partition coefficient (Wildman–Crippen LogP) is 0.609. The van der Waals surface area contributed by atoms with E-state index in [1.54, 1.807) is 19.1 Å². The minimum atomic E-state index is -3.69.